The summed E-state index contributed by atoms with van der Waals surface area (Å²) in [5.41, 5.74) is 0.192. The van der Waals surface area contributed by atoms with Gasteiger partial charge in [0.25, 0.3) is 0 Å². The number of nitrogens with one attached hydrogen (secondary N) is 1. The topological polar surface area (TPSA) is 73.3 Å². The largest absolute Gasteiger partial charge is 0.464 e. The normalized spacial score (nSPS) is 9.88. The van der Waals surface area contributed by atoms with Crippen LogP contribution in [0, 0.1) is 0 Å². The van der Waals surface area contributed by atoms with Crippen molar-refractivity contribution >= 4 is 11.8 Å². The number of nitrogens with zero attached hydrogens (tertiary/aromatic N) is 2. The van der Waals surface area contributed by atoms with Crippen LogP contribution in [-0.4, -0.2) is 42.8 Å². The Hall–Kier alpha value is -1.69. The van der Waals surface area contributed by atoms with Crippen molar-refractivity contribution in [3.05, 3.63) is 18.1 Å². The number of rotatable bonds is 6. The van der Waals surface area contributed by atoms with Crippen LogP contribution in [-0.2, 0) is 9.47 Å². The van der Waals surface area contributed by atoms with Gasteiger partial charge in [-0.25, -0.2) is 14.8 Å². The van der Waals surface area contributed by atoms with Crippen molar-refractivity contribution < 1.29 is 14.3 Å². The molecule has 88 valence electrons. The third-order valence-corrected chi connectivity index (χ3v) is 1.80. The molecule has 0 unspecified atom stereocenters. The SMILES string of the molecule is CCOCCNc1cnc(C(=O)OC)cn1. The molecule has 0 fully saturated rings. The molecule has 0 atom stereocenters. The molecule has 0 amide bonds. The van der Waals surface area contributed by atoms with Gasteiger partial charge in [0, 0.05) is 13.2 Å². The molecule has 0 spiro atoms. The molecule has 0 aromatic carbocycles. The molecule has 6 nitrogen and oxygen atoms in total. The first-order valence-corrected chi connectivity index (χ1v) is 5.00. The van der Waals surface area contributed by atoms with Crippen molar-refractivity contribution in [1.29, 1.82) is 0 Å². The van der Waals surface area contributed by atoms with Gasteiger partial charge < -0.3 is 14.8 Å². The van der Waals surface area contributed by atoms with Gasteiger partial charge in [0.2, 0.25) is 0 Å². The molecule has 0 saturated carbocycles. The highest BCUT2D eigenvalue weighted by Gasteiger charge is 2.06. The second-order valence-electron chi connectivity index (χ2n) is 2.90. The number of ether oxygens (including phenoxy) is 2. The predicted octanol–water partition coefficient (Wildman–Crippen LogP) is 0.712. The Morgan fingerprint density at radius 2 is 2.25 bits per heavy atom. The molecule has 1 rings (SSSR count). The van der Waals surface area contributed by atoms with Crippen LogP contribution in [0.25, 0.3) is 0 Å². The Morgan fingerprint density at radius 1 is 1.44 bits per heavy atom. The van der Waals surface area contributed by atoms with Gasteiger partial charge >= 0.3 is 5.97 Å². The predicted molar refractivity (Wildman–Crippen MR) is 58.4 cm³/mol. The number of hydrogen-bond donors (Lipinski definition) is 1. The van der Waals surface area contributed by atoms with Crippen molar-refractivity contribution in [1.82, 2.24) is 9.97 Å². The van der Waals surface area contributed by atoms with Gasteiger partial charge in [-0.2, -0.15) is 0 Å². The monoisotopic (exact) mass is 225 g/mol. The van der Waals surface area contributed by atoms with Gasteiger partial charge in [-0.3, -0.25) is 0 Å². The van der Waals surface area contributed by atoms with Crippen LogP contribution < -0.4 is 5.32 Å². The van der Waals surface area contributed by atoms with Gasteiger partial charge in [0.05, 0.1) is 26.1 Å². The molecule has 0 aliphatic carbocycles. The second-order valence-corrected chi connectivity index (χ2v) is 2.90. The number of methoxy groups -OCH3 is 1. The minimum atomic E-state index is -0.492. The Kier molecular flexibility index (Phi) is 5.21. The zero-order valence-electron chi connectivity index (χ0n) is 9.40. The van der Waals surface area contributed by atoms with E-state index in [1.807, 2.05) is 6.92 Å². The van der Waals surface area contributed by atoms with Crippen LogP contribution in [0.2, 0.25) is 0 Å². The highest BCUT2D eigenvalue weighted by atomic mass is 16.5. The molecule has 1 heterocycles. The van der Waals surface area contributed by atoms with E-state index in [4.69, 9.17) is 4.74 Å². The van der Waals surface area contributed by atoms with Crippen LogP contribution in [0.1, 0.15) is 17.4 Å². The Labute approximate surface area is 94.0 Å². The van der Waals surface area contributed by atoms with Crippen molar-refractivity contribution in [2.45, 2.75) is 6.92 Å². The molecular formula is C10H15N3O3. The van der Waals surface area contributed by atoms with E-state index in [-0.39, 0.29) is 5.69 Å². The lowest BCUT2D eigenvalue weighted by Gasteiger charge is -2.05. The molecule has 1 aromatic rings. The van der Waals surface area contributed by atoms with Crippen molar-refractivity contribution in [2.75, 3.05) is 32.2 Å². The summed E-state index contributed by atoms with van der Waals surface area (Å²) in [4.78, 5) is 19.0. The van der Waals surface area contributed by atoms with E-state index < -0.39 is 5.97 Å². The fraction of sp³-hybridized carbons (Fsp3) is 0.500. The molecule has 1 N–H and O–H groups in total. The van der Waals surface area contributed by atoms with Crippen molar-refractivity contribution in [3.8, 4) is 0 Å². The summed E-state index contributed by atoms with van der Waals surface area (Å²) in [5, 5.41) is 3.01. The lowest BCUT2D eigenvalue weighted by atomic mass is 10.4. The number of carbonyl (C=O) groups is 1. The third-order valence-electron chi connectivity index (χ3n) is 1.80. The first-order chi connectivity index (χ1) is 7.77. The average Bonchev–Trinajstić information content (AvgIpc) is 2.34. The van der Waals surface area contributed by atoms with Crippen LogP contribution in [0.3, 0.4) is 0 Å². The zero-order chi connectivity index (χ0) is 11.8. The molecule has 0 aliphatic rings. The second kappa shape index (κ2) is 6.73. The van der Waals surface area contributed by atoms with Gasteiger partial charge in [-0.1, -0.05) is 0 Å². The highest BCUT2D eigenvalue weighted by molar-refractivity contribution is 5.86. The van der Waals surface area contributed by atoms with Gasteiger partial charge in [0.1, 0.15) is 5.82 Å². The fourth-order valence-corrected chi connectivity index (χ4v) is 1.02. The summed E-state index contributed by atoms with van der Waals surface area (Å²) < 4.78 is 9.66. The molecule has 16 heavy (non-hydrogen) atoms. The molecule has 1 aromatic heterocycles. The highest BCUT2D eigenvalue weighted by Crippen LogP contribution is 2.01. The summed E-state index contributed by atoms with van der Waals surface area (Å²) in [6.07, 6.45) is 2.85. The van der Waals surface area contributed by atoms with E-state index in [9.17, 15) is 4.79 Å². The quantitative estimate of drug-likeness (QED) is 0.568. The first-order valence-electron chi connectivity index (χ1n) is 5.00. The van der Waals surface area contributed by atoms with E-state index in [0.717, 1.165) is 0 Å². The number of carbonyl (C=O) groups excluding carboxylic acids is 1. The molecule has 0 radical (unpaired) electrons. The number of aromatic nitrogens is 2. The maximum absolute atomic E-state index is 11.1. The average molecular weight is 225 g/mol. The number of esters is 1. The van der Waals surface area contributed by atoms with Crippen molar-refractivity contribution in [3.63, 3.8) is 0 Å². The number of hydrogen-bond acceptors (Lipinski definition) is 6. The summed E-state index contributed by atoms with van der Waals surface area (Å²) in [6, 6.07) is 0. The fourth-order valence-electron chi connectivity index (χ4n) is 1.02. The van der Waals surface area contributed by atoms with Crippen LogP contribution in [0.5, 0.6) is 0 Å². The van der Waals surface area contributed by atoms with Crippen molar-refractivity contribution in [2.24, 2.45) is 0 Å². The van der Waals surface area contributed by atoms with Crippen LogP contribution >= 0.6 is 0 Å². The van der Waals surface area contributed by atoms with E-state index >= 15 is 0 Å². The molecule has 0 bridgehead atoms. The number of anilines is 1. The Morgan fingerprint density at radius 3 is 2.81 bits per heavy atom. The van der Waals surface area contributed by atoms with E-state index in [2.05, 4.69) is 20.0 Å². The van der Waals surface area contributed by atoms with E-state index in [1.165, 1.54) is 19.5 Å². The lowest BCUT2D eigenvalue weighted by molar-refractivity contribution is 0.0593. The van der Waals surface area contributed by atoms with E-state index in [1.54, 1.807) is 0 Å². The zero-order valence-corrected chi connectivity index (χ0v) is 9.40. The molecular weight excluding hydrogens is 210 g/mol. The molecule has 0 saturated heterocycles. The maximum atomic E-state index is 11.1. The van der Waals surface area contributed by atoms with Gasteiger partial charge in [0.15, 0.2) is 5.69 Å². The minimum Gasteiger partial charge on any atom is -0.464 e. The standard InChI is InChI=1S/C10H15N3O3/c1-3-16-5-4-11-9-7-12-8(6-13-9)10(14)15-2/h6-7H,3-5H2,1-2H3,(H,11,13). The first kappa shape index (κ1) is 12.4. The summed E-state index contributed by atoms with van der Waals surface area (Å²) >= 11 is 0. The van der Waals surface area contributed by atoms with Crippen LogP contribution in [0.15, 0.2) is 12.4 Å². The Bertz CT molecular complexity index is 327. The minimum absolute atomic E-state index is 0.192. The third kappa shape index (κ3) is 3.82. The smallest absolute Gasteiger partial charge is 0.358 e. The molecule has 6 heteroatoms. The van der Waals surface area contributed by atoms with E-state index in [0.29, 0.717) is 25.6 Å². The molecule has 0 aliphatic heterocycles. The summed E-state index contributed by atoms with van der Waals surface area (Å²) in [6.45, 7) is 3.89. The summed E-state index contributed by atoms with van der Waals surface area (Å²) in [7, 11) is 1.30. The Balaban J connectivity index is 2.42. The summed E-state index contributed by atoms with van der Waals surface area (Å²) in [5.74, 6) is 0.112. The lowest BCUT2D eigenvalue weighted by Crippen LogP contribution is -2.11. The van der Waals surface area contributed by atoms with Gasteiger partial charge in [-0.05, 0) is 6.92 Å². The van der Waals surface area contributed by atoms with Gasteiger partial charge in [-0.15, -0.1) is 0 Å². The maximum Gasteiger partial charge on any atom is 0.358 e. The van der Waals surface area contributed by atoms with Crippen LogP contribution in [0.4, 0.5) is 5.82 Å².